The van der Waals surface area contributed by atoms with Gasteiger partial charge in [-0.2, -0.15) is 5.26 Å². The van der Waals surface area contributed by atoms with Crippen molar-refractivity contribution in [2.45, 2.75) is 13.8 Å². The minimum atomic E-state index is -0.457. The molecule has 0 radical (unpaired) electrons. The van der Waals surface area contributed by atoms with E-state index >= 15 is 0 Å². The minimum Gasteiger partial charge on any atom is -0.497 e. The largest absolute Gasteiger partial charge is 0.497 e. The Kier molecular flexibility index (Phi) is 5.38. The number of benzene rings is 1. The summed E-state index contributed by atoms with van der Waals surface area (Å²) in [7, 11) is 1.58. The van der Waals surface area contributed by atoms with Gasteiger partial charge in [-0.25, -0.2) is 4.98 Å². The number of ether oxygens (including phenoxy) is 1. The fourth-order valence-electron chi connectivity index (χ4n) is 2.73. The second-order valence-electron chi connectivity index (χ2n) is 5.83. The first-order valence-corrected chi connectivity index (χ1v) is 9.07. The van der Waals surface area contributed by atoms with E-state index in [0.717, 1.165) is 22.1 Å². The molecule has 0 atom stereocenters. The molecule has 0 saturated heterocycles. The van der Waals surface area contributed by atoms with E-state index in [0.29, 0.717) is 11.4 Å². The van der Waals surface area contributed by atoms with E-state index in [1.165, 1.54) is 11.3 Å². The Morgan fingerprint density at radius 3 is 2.67 bits per heavy atom. The number of anilines is 1. The van der Waals surface area contributed by atoms with E-state index in [2.05, 4.69) is 10.3 Å². The first kappa shape index (κ1) is 18.4. The highest BCUT2D eigenvalue weighted by Crippen LogP contribution is 2.24. The van der Waals surface area contributed by atoms with Crippen molar-refractivity contribution in [3.8, 4) is 17.0 Å². The molecule has 0 aliphatic heterocycles. The van der Waals surface area contributed by atoms with E-state index in [-0.39, 0.29) is 5.57 Å². The average Bonchev–Trinajstić information content (AvgIpc) is 3.28. The van der Waals surface area contributed by atoms with Gasteiger partial charge in [-0.3, -0.25) is 9.36 Å². The SMILES string of the molecule is COc1ccc(NC(=O)/C(C#N)=C/c2cc(C)n(-c3nccs3)c2C)cc1. The van der Waals surface area contributed by atoms with Crippen molar-refractivity contribution < 1.29 is 9.53 Å². The van der Waals surface area contributed by atoms with E-state index in [1.807, 2.05) is 35.9 Å². The lowest BCUT2D eigenvalue weighted by molar-refractivity contribution is -0.112. The third kappa shape index (κ3) is 3.91. The molecule has 2 heterocycles. The van der Waals surface area contributed by atoms with Crippen LogP contribution in [0.1, 0.15) is 17.0 Å². The fraction of sp³-hybridized carbons (Fsp3) is 0.150. The lowest BCUT2D eigenvalue weighted by Crippen LogP contribution is -2.13. The second-order valence-corrected chi connectivity index (χ2v) is 6.70. The molecule has 0 aliphatic carbocycles. The average molecular weight is 378 g/mol. The summed E-state index contributed by atoms with van der Waals surface area (Å²) in [5, 5.41) is 14.9. The van der Waals surface area contributed by atoms with Crippen molar-refractivity contribution in [3.05, 3.63) is 64.4 Å². The van der Waals surface area contributed by atoms with Crippen molar-refractivity contribution in [2.75, 3.05) is 12.4 Å². The first-order chi connectivity index (χ1) is 13.0. The lowest BCUT2D eigenvalue weighted by atomic mass is 10.1. The van der Waals surface area contributed by atoms with Crippen molar-refractivity contribution in [1.82, 2.24) is 9.55 Å². The number of rotatable bonds is 5. The van der Waals surface area contributed by atoms with Crippen LogP contribution in [0.5, 0.6) is 5.75 Å². The summed E-state index contributed by atoms with van der Waals surface area (Å²) in [5.74, 6) is 0.236. The number of thiazole rings is 1. The van der Waals surface area contributed by atoms with Crippen LogP contribution in [0.15, 0.2) is 47.5 Å². The van der Waals surface area contributed by atoms with Gasteiger partial charge >= 0.3 is 0 Å². The van der Waals surface area contributed by atoms with Crippen molar-refractivity contribution in [1.29, 1.82) is 5.26 Å². The summed E-state index contributed by atoms with van der Waals surface area (Å²) in [4.78, 5) is 16.8. The van der Waals surface area contributed by atoms with Crippen LogP contribution in [0.4, 0.5) is 5.69 Å². The van der Waals surface area contributed by atoms with Crippen molar-refractivity contribution in [2.24, 2.45) is 0 Å². The molecule has 3 aromatic rings. The Morgan fingerprint density at radius 1 is 1.33 bits per heavy atom. The maximum absolute atomic E-state index is 12.5. The molecule has 3 rings (SSSR count). The van der Waals surface area contributed by atoms with Crippen molar-refractivity contribution in [3.63, 3.8) is 0 Å². The first-order valence-electron chi connectivity index (χ1n) is 8.19. The van der Waals surface area contributed by atoms with Gasteiger partial charge in [-0.15, -0.1) is 11.3 Å². The third-order valence-electron chi connectivity index (χ3n) is 4.09. The molecule has 0 saturated carbocycles. The highest BCUT2D eigenvalue weighted by molar-refractivity contribution is 7.12. The maximum atomic E-state index is 12.5. The topological polar surface area (TPSA) is 79.9 Å². The number of nitrogens with zero attached hydrogens (tertiary/aromatic N) is 3. The number of carbonyl (C=O) groups excluding carboxylic acids is 1. The van der Waals surface area contributed by atoms with Gasteiger partial charge in [0.25, 0.3) is 5.91 Å². The van der Waals surface area contributed by atoms with Crippen LogP contribution in [0.25, 0.3) is 11.2 Å². The summed E-state index contributed by atoms with van der Waals surface area (Å²) in [6, 6.07) is 10.9. The number of aryl methyl sites for hydroxylation is 1. The third-order valence-corrected chi connectivity index (χ3v) is 4.85. The molecular formula is C20H18N4O2S. The number of nitrogens with one attached hydrogen (secondary N) is 1. The molecule has 1 aromatic carbocycles. The van der Waals surface area contributed by atoms with Gasteiger partial charge in [0.05, 0.1) is 7.11 Å². The standard InChI is InChI=1S/C20H18N4O2S/c1-13-10-15(14(2)24(13)20-22-8-9-27-20)11-16(12-21)19(25)23-17-4-6-18(26-3)7-5-17/h4-11H,1-3H3,(H,23,25)/b16-11+. The smallest absolute Gasteiger partial charge is 0.266 e. The summed E-state index contributed by atoms with van der Waals surface area (Å²) in [6.45, 7) is 3.91. The molecule has 0 bridgehead atoms. The van der Waals surface area contributed by atoms with E-state index in [4.69, 9.17) is 4.74 Å². The number of amides is 1. The van der Waals surface area contributed by atoms with E-state index < -0.39 is 5.91 Å². The van der Waals surface area contributed by atoms with Crippen LogP contribution in [-0.2, 0) is 4.79 Å². The Balaban J connectivity index is 1.87. The molecule has 7 heteroatoms. The molecule has 0 unspecified atom stereocenters. The molecule has 6 nitrogen and oxygen atoms in total. The summed E-state index contributed by atoms with van der Waals surface area (Å²) in [6.07, 6.45) is 3.35. The molecular weight excluding hydrogens is 360 g/mol. The molecule has 2 aromatic heterocycles. The van der Waals surface area contributed by atoms with Crippen LogP contribution < -0.4 is 10.1 Å². The van der Waals surface area contributed by atoms with Crippen LogP contribution in [0.2, 0.25) is 0 Å². The van der Waals surface area contributed by atoms with Crippen LogP contribution in [0, 0.1) is 25.2 Å². The minimum absolute atomic E-state index is 0.0326. The van der Waals surface area contributed by atoms with Crippen LogP contribution in [-0.4, -0.2) is 22.6 Å². The number of hydrogen-bond donors (Lipinski definition) is 1. The molecule has 1 amide bonds. The fourth-order valence-corrected chi connectivity index (χ4v) is 3.48. The zero-order valence-corrected chi connectivity index (χ0v) is 16.0. The molecule has 136 valence electrons. The summed E-state index contributed by atoms with van der Waals surface area (Å²) in [5.41, 5.74) is 3.35. The van der Waals surface area contributed by atoms with E-state index in [1.54, 1.807) is 43.6 Å². The summed E-state index contributed by atoms with van der Waals surface area (Å²) < 4.78 is 7.10. The number of nitriles is 1. The van der Waals surface area contributed by atoms with Gasteiger partial charge in [0.2, 0.25) is 0 Å². The zero-order chi connectivity index (χ0) is 19.4. The van der Waals surface area contributed by atoms with Crippen molar-refractivity contribution >= 4 is 29.0 Å². The number of hydrogen-bond acceptors (Lipinski definition) is 5. The quantitative estimate of drug-likeness (QED) is 0.535. The van der Waals surface area contributed by atoms with Crippen LogP contribution >= 0.6 is 11.3 Å². The van der Waals surface area contributed by atoms with Gasteiger partial charge in [0.1, 0.15) is 17.4 Å². The number of carbonyl (C=O) groups is 1. The predicted octanol–water partition coefficient (Wildman–Crippen LogP) is 4.10. The molecule has 0 fully saturated rings. The Bertz CT molecular complexity index is 1030. The van der Waals surface area contributed by atoms with Gasteiger partial charge < -0.3 is 10.1 Å². The van der Waals surface area contributed by atoms with Gasteiger partial charge in [-0.05, 0) is 55.8 Å². The van der Waals surface area contributed by atoms with Gasteiger partial charge in [0, 0.05) is 28.7 Å². The molecule has 1 N–H and O–H groups in total. The monoisotopic (exact) mass is 378 g/mol. The van der Waals surface area contributed by atoms with Gasteiger partial charge in [-0.1, -0.05) is 0 Å². The second kappa shape index (κ2) is 7.89. The molecule has 0 aliphatic rings. The molecule has 0 spiro atoms. The maximum Gasteiger partial charge on any atom is 0.266 e. The predicted molar refractivity (Wildman–Crippen MR) is 106 cm³/mol. The number of aromatic nitrogens is 2. The number of methoxy groups -OCH3 is 1. The Morgan fingerprint density at radius 2 is 2.07 bits per heavy atom. The highest BCUT2D eigenvalue weighted by atomic mass is 32.1. The highest BCUT2D eigenvalue weighted by Gasteiger charge is 2.15. The normalized spacial score (nSPS) is 11.1. The zero-order valence-electron chi connectivity index (χ0n) is 15.2. The lowest BCUT2D eigenvalue weighted by Gasteiger charge is -2.06. The van der Waals surface area contributed by atoms with E-state index in [9.17, 15) is 10.1 Å². The summed E-state index contributed by atoms with van der Waals surface area (Å²) >= 11 is 1.53. The Hall–Kier alpha value is -3.37. The Labute approximate surface area is 161 Å². The van der Waals surface area contributed by atoms with Crippen LogP contribution in [0.3, 0.4) is 0 Å². The van der Waals surface area contributed by atoms with Gasteiger partial charge in [0.15, 0.2) is 5.13 Å². The molecule has 27 heavy (non-hydrogen) atoms.